The Hall–Kier alpha value is -0.670. The molecule has 3 heteroatoms. The Labute approximate surface area is 91.7 Å². The summed E-state index contributed by atoms with van der Waals surface area (Å²) < 4.78 is 19.2. The van der Waals surface area contributed by atoms with Crippen molar-refractivity contribution in [3.63, 3.8) is 0 Å². The van der Waals surface area contributed by atoms with Gasteiger partial charge >= 0.3 is 0 Å². The summed E-state index contributed by atoms with van der Waals surface area (Å²) in [5.41, 5.74) is 0.553. The summed E-state index contributed by atoms with van der Waals surface area (Å²) in [5, 5.41) is 0. The van der Waals surface area contributed by atoms with E-state index < -0.39 is 0 Å². The zero-order chi connectivity index (χ0) is 10.4. The lowest BCUT2D eigenvalue weighted by molar-refractivity contribution is 0.146. The normalized spacial score (nSPS) is 11.1. The number of ether oxygens (including phenoxy) is 1. The molecule has 0 amide bonds. The predicted molar refractivity (Wildman–Crippen MR) is 58.3 cm³/mol. The van der Waals surface area contributed by atoms with Crippen LogP contribution in [0.15, 0.2) is 34.8 Å². The molecule has 1 radical (unpaired) electrons. The Morgan fingerprint density at radius 1 is 1.50 bits per heavy atom. The largest absolute Gasteiger partial charge is 0.373 e. The van der Waals surface area contributed by atoms with Gasteiger partial charge in [0.15, 0.2) is 0 Å². The minimum absolute atomic E-state index is 0.244. The zero-order valence-electron chi connectivity index (χ0n) is 7.67. The second kappa shape index (κ2) is 5.94. The highest BCUT2D eigenvalue weighted by Gasteiger charge is 2.01. The summed E-state index contributed by atoms with van der Waals surface area (Å²) in [6.07, 6.45) is 3.42. The van der Waals surface area contributed by atoms with Crippen molar-refractivity contribution in [2.24, 2.45) is 0 Å². The van der Waals surface area contributed by atoms with E-state index in [0.717, 1.165) is 4.47 Å². The minimum Gasteiger partial charge on any atom is -0.373 e. The SMILES string of the molecule is [CH2]/C=C/COCc1cc(Br)ccc1F. The van der Waals surface area contributed by atoms with Gasteiger partial charge in [0.1, 0.15) is 5.82 Å². The summed E-state index contributed by atoms with van der Waals surface area (Å²) in [5.74, 6) is -0.244. The molecule has 0 bridgehead atoms. The molecule has 0 aliphatic carbocycles. The summed E-state index contributed by atoms with van der Waals surface area (Å²) >= 11 is 3.27. The first kappa shape index (κ1) is 11.4. The van der Waals surface area contributed by atoms with Crippen molar-refractivity contribution in [3.05, 3.63) is 53.1 Å². The lowest BCUT2D eigenvalue weighted by Gasteiger charge is -2.03. The van der Waals surface area contributed by atoms with Crippen LogP contribution in [0.3, 0.4) is 0 Å². The first-order chi connectivity index (χ1) is 6.74. The van der Waals surface area contributed by atoms with E-state index in [1.165, 1.54) is 6.07 Å². The fraction of sp³-hybridized carbons (Fsp3) is 0.182. The number of hydrogen-bond donors (Lipinski definition) is 0. The molecule has 0 fully saturated rings. The van der Waals surface area contributed by atoms with E-state index in [4.69, 9.17) is 4.74 Å². The molecule has 0 aromatic heterocycles. The van der Waals surface area contributed by atoms with Crippen LogP contribution in [0.5, 0.6) is 0 Å². The van der Waals surface area contributed by atoms with Crippen LogP contribution in [0.1, 0.15) is 5.56 Å². The van der Waals surface area contributed by atoms with Gasteiger partial charge in [-0.15, -0.1) is 0 Å². The lowest BCUT2D eigenvalue weighted by Crippen LogP contribution is -1.96. The molecule has 0 aliphatic heterocycles. The van der Waals surface area contributed by atoms with Gasteiger partial charge in [-0.2, -0.15) is 0 Å². The molecule has 1 nitrogen and oxygen atoms in total. The Balaban J connectivity index is 2.53. The Bertz CT molecular complexity index is 323. The summed E-state index contributed by atoms with van der Waals surface area (Å²) in [4.78, 5) is 0. The lowest BCUT2D eigenvalue weighted by atomic mass is 10.2. The van der Waals surface area contributed by atoms with Crippen molar-refractivity contribution in [3.8, 4) is 0 Å². The molecular weight excluding hydrogens is 247 g/mol. The maximum absolute atomic E-state index is 13.1. The van der Waals surface area contributed by atoms with Gasteiger partial charge < -0.3 is 4.74 Å². The van der Waals surface area contributed by atoms with Crippen molar-refractivity contribution in [1.82, 2.24) is 0 Å². The molecular formula is C11H11BrFO. The van der Waals surface area contributed by atoms with Gasteiger partial charge in [-0.05, 0) is 25.1 Å². The highest BCUT2D eigenvalue weighted by molar-refractivity contribution is 9.10. The van der Waals surface area contributed by atoms with Crippen LogP contribution in [-0.4, -0.2) is 6.61 Å². The van der Waals surface area contributed by atoms with E-state index in [9.17, 15) is 4.39 Å². The number of benzene rings is 1. The average Bonchev–Trinajstić information content (AvgIpc) is 2.18. The van der Waals surface area contributed by atoms with Gasteiger partial charge in [-0.1, -0.05) is 28.1 Å². The molecule has 1 aromatic carbocycles. The maximum Gasteiger partial charge on any atom is 0.128 e. The van der Waals surface area contributed by atoms with Gasteiger partial charge in [0.25, 0.3) is 0 Å². The monoisotopic (exact) mass is 257 g/mol. The fourth-order valence-corrected chi connectivity index (χ4v) is 1.37. The minimum atomic E-state index is -0.244. The van der Waals surface area contributed by atoms with Crippen molar-refractivity contribution >= 4 is 15.9 Å². The van der Waals surface area contributed by atoms with Crippen LogP contribution in [0, 0.1) is 12.7 Å². The molecule has 0 N–H and O–H groups in total. The highest BCUT2D eigenvalue weighted by atomic mass is 79.9. The predicted octanol–water partition coefficient (Wildman–Crippen LogP) is 3.50. The fourth-order valence-electron chi connectivity index (χ4n) is 0.959. The van der Waals surface area contributed by atoms with Crippen molar-refractivity contribution in [2.45, 2.75) is 6.61 Å². The molecule has 1 rings (SSSR count). The van der Waals surface area contributed by atoms with Crippen molar-refractivity contribution in [1.29, 1.82) is 0 Å². The quantitative estimate of drug-likeness (QED) is 0.751. The van der Waals surface area contributed by atoms with Crippen LogP contribution in [0.25, 0.3) is 0 Å². The highest BCUT2D eigenvalue weighted by Crippen LogP contribution is 2.16. The van der Waals surface area contributed by atoms with Crippen LogP contribution in [-0.2, 0) is 11.3 Å². The van der Waals surface area contributed by atoms with Crippen LogP contribution >= 0.6 is 15.9 Å². The van der Waals surface area contributed by atoms with E-state index in [1.807, 2.05) is 0 Å². The first-order valence-electron chi connectivity index (χ1n) is 4.20. The second-order valence-electron chi connectivity index (χ2n) is 2.72. The number of hydrogen-bond acceptors (Lipinski definition) is 1. The molecule has 0 aliphatic rings. The molecule has 0 heterocycles. The van der Waals surface area contributed by atoms with E-state index in [1.54, 1.807) is 24.3 Å². The smallest absolute Gasteiger partial charge is 0.128 e. The van der Waals surface area contributed by atoms with Gasteiger partial charge in [-0.25, -0.2) is 4.39 Å². The third-order valence-electron chi connectivity index (χ3n) is 1.65. The average molecular weight is 258 g/mol. The van der Waals surface area contributed by atoms with Gasteiger partial charge in [-0.3, -0.25) is 0 Å². The maximum atomic E-state index is 13.1. The molecule has 14 heavy (non-hydrogen) atoms. The van der Waals surface area contributed by atoms with Crippen LogP contribution in [0.4, 0.5) is 4.39 Å². The molecule has 0 saturated heterocycles. The summed E-state index contributed by atoms with van der Waals surface area (Å²) in [7, 11) is 0. The van der Waals surface area contributed by atoms with Gasteiger partial charge in [0, 0.05) is 10.0 Å². The zero-order valence-corrected chi connectivity index (χ0v) is 9.26. The van der Waals surface area contributed by atoms with Crippen molar-refractivity contribution in [2.75, 3.05) is 6.61 Å². The van der Waals surface area contributed by atoms with E-state index in [-0.39, 0.29) is 12.4 Å². The number of allylic oxidation sites excluding steroid dienone is 1. The van der Waals surface area contributed by atoms with Crippen LogP contribution < -0.4 is 0 Å². The summed E-state index contributed by atoms with van der Waals surface area (Å²) in [6.45, 7) is 4.25. The van der Waals surface area contributed by atoms with Gasteiger partial charge in [0.05, 0.1) is 13.2 Å². The topological polar surface area (TPSA) is 9.23 Å². The molecule has 0 spiro atoms. The first-order valence-corrected chi connectivity index (χ1v) is 4.99. The Kier molecular flexibility index (Phi) is 4.84. The third-order valence-corrected chi connectivity index (χ3v) is 2.14. The second-order valence-corrected chi connectivity index (χ2v) is 3.64. The van der Waals surface area contributed by atoms with E-state index >= 15 is 0 Å². The number of halogens is 2. The summed E-state index contributed by atoms with van der Waals surface area (Å²) in [6, 6.07) is 4.79. The third kappa shape index (κ3) is 3.60. The molecule has 1 aromatic rings. The number of rotatable bonds is 4. The molecule has 0 atom stereocenters. The van der Waals surface area contributed by atoms with E-state index in [2.05, 4.69) is 22.9 Å². The van der Waals surface area contributed by atoms with E-state index in [0.29, 0.717) is 12.2 Å². The van der Waals surface area contributed by atoms with Crippen molar-refractivity contribution < 1.29 is 9.13 Å². The van der Waals surface area contributed by atoms with Gasteiger partial charge in [0.2, 0.25) is 0 Å². The molecule has 75 valence electrons. The van der Waals surface area contributed by atoms with Crippen LogP contribution in [0.2, 0.25) is 0 Å². The standard InChI is InChI=1S/C11H11BrFO/c1-2-3-6-14-8-9-7-10(12)4-5-11(9)13/h2-5,7H,1,6,8H2/b3-2+. The Morgan fingerprint density at radius 2 is 2.29 bits per heavy atom. The Morgan fingerprint density at radius 3 is 3.00 bits per heavy atom. The molecule has 0 saturated carbocycles. The molecule has 0 unspecified atom stereocenters.